The third kappa shape index (κ3) is 5.31. The SMILES string of the molecule is COc1ccc(S(=O)(=O)N2CCCCCC2)cc1C(=O)NCCC(=O)N1CCCC1. The maximum Gasteiger partial charge on any atom is 0.255 e. The quantitative estimate of drug-likeness (QED) is 0.704. The van der Waals surface area contributed by atoms with E-state index in [1.165, 1.54) is 29.6 Å². The van der Waals surface area contributed by atoms with Gasteiger partial charge in [0.25, 0.3) is 5.91 Å². The number of sulfonamides is 1. The molecule has 0 atom stereocenters. The number of nitrogens with one attached hydrogen (secondary N) is 1. The zero-order chi connectivity index (χ0) is 21.6. The van der Waals surface area contributed by atoms with Gasteiger partial charge >= 0.3 is 0 Å². The van der Waals surface area contributed by atoms with Crippen molar-refractivity contribution < 1.29 is 22.7 Å². The van der Waals surface area contributed by atoms with Gasteiger partial charge in [-0.3, -0.25) is 9.59 Å². The number of nitrogens with zero attached hydrogens (tertiary/aromatic N) is 2. The van der Waals surface area contributed by atoms with Crippen LogP contribution >= 0.6 is 0 Å². The summed E-state index contributed by atoms with van der Waals surface area (Å²) in [7, 11) is -2.24. The Morgan fingerprint density at radius 3 is 2.27 bits per heavy atom. The molecule has 1 N–H and O–H groups in total. The van der Waals surface area contributed by atoms with Crippen LogP contribution in [0.3, 0.4) is 0 Å². The normalized spacial score (nSPS) is 18.1. The van der Waals surface area contributed by atoms with Crippen molar-refractivity contribution in [3.05, 3.63) is 23.8 Å². The predicted octanol–water partition coefficient (Wildman–Crippen LogP) is 2.00. The van der Waals surface area contributed by atoms with E-state index in [4.69, 9.17) is 4.74 Å². The summed E-state index contributed by atoms with van der Waals surface area (Å²) in [5.41, 5.74) is 0.155. The summed E-state index contributed by atoms with van der Waals surface area (Å²) >= 11 is 0. The highest BCUT2D eigenvalue weighted by atomic mass is 32.2. The van der Waals surface area contributed by atoms with Crippen LogP contribution in [0.15, 0.2) is 23.1 Å². The summed E-state index contributed by atoms with van der Waals surface area (Å²) < 4.78 is 32.9. The molecule has 0 bridgehead atoms. The second kappa shape index (κ2) is 10.3. The maximum absolute atomic E-state index is 13.1. The van der Waals surface area contributed by atoms with Gasteiger partial charge in [0.2, 0.25) is 15.9 Å². The van der Waals surface area contributed by atoms with Gasteiger partial charge in [0.15, 0.2) is 0 Å². The standard InChI is InChI=1S/C21H31N3O5S/c1-29-19-9-8-17(30(27,28)24-14-4-2-3-5-15-24)16-18(19)21(26)22-11-10-20(25)23-12-6-7-13-23/h8-9,16H,2-7,10-15H2,1H3,(H,22,26). The van der Waals surface area contributed by atoms with Gasteiger partial charge in [-0.1, -0.05) is 12.8 Å². The lowest BCUT2D eigenvalue weighted by atomic mass is 10.2. The zero-order valence-corrected chi connectivity index (χ0v) is 18.4. The molecule has 1 aromatic rings. The topological polar surface area (TPSA) is 96.0 Å². The second-order valence-corrected chi connectivity index (χ2v) is 9.71. The minimum absolute atomic E-state index is 0.0252. The smallest absolute Gasteiger partial charge is 0.255 e. The average molecular weight is 438 g/mol. The van der Waals surface area contributed by atoms with Gasteiger partial charge in [-0.25, -0.2) is 8.42 Å². The number of hydrogen-bond acceptors (Lipinski definition) is 5. The first-order chi connectivity index (χ1) is 14.4. The molecule has 1 aromatic carbocycles. The first-order valence-electron chi connectivity index (χ1n) is 10.7. The highest BCUT2D eigenvalue weighted by molar-refractivity contribution is 7.89. The first-order valence-corrected chi connectivity index (χ1v) is 12.1. The predicted molar refractivity (Wildman–Crippen MR) is 113 cm³/mol. The lowest BCUT2D eigenvalue weighted by Gasteiger charge is -2.21. The van der Waals surface area contributed by atoms with E-state index in [0.29, 0.717) is 18.8 Å². The molecule has 0 aromatic heterocycles. The Hall–Kier alpha value is -2.13. The molecule has 0 saturated carbocycles. The summed E-state index contributed by atoms with van der Waals surface area (Å²) in [6.07, 6.45) is 6.00. The summed E-state index contributed by atoms with van der Waals surface area (Å²) in [5.74, 6) is -0.126. The van der Waals surface area contributed by atoms with Crippen molar-refractivity contribution in [2.45, 2.75) is 49.8 Å². The van der Waals surface area contributed by atoms with Crippen molar-refractivity contribution in [1.29, 1.82) is 0 Å². The lowest BCUT2D eigenvalue weighted by molar-refractivity contribution is -0.129. The molecular weight excluding hydrogens is 406 g/mol. The van der Waals surface area contributed by atoms with Gasteiger partial charge < -0.3 is 15.0 Å². The van der Waals surface area contributed by atoms with Crippen LogP contribution in [-0.2, 0) is 14.8 Å². The number of amides is 2. The number of likely N-dealkylation sites (tertiary alicyclic amines) is 1. The highest BCUT2D eigenvalue weighted by Gasteiger charge is 2.27. The summed E-state index contributed by atoms with van der Waals surface area (Å²) in [4.78, 5) is 26.7. The molecule has 2 aliphatic rings. The van der Waals surface area contributed by atoms with Crippen LogP contribution in [-0.4, -0.2) is 69.3 Å². The Kier molecular flexibility index (Phi) is 7.71. The molecule has 0 radical (unpaired) electrons. The van der Waals surface area contributed by atoms with Crippen molar-refractivity contribution in [1.82, 2.24) is 14.5 Å². The molecule has 2 fully saturated rings. The van der Waals surface area contributed by atoms with Crippen molar-refractivity contribution in [2.75, 3.05) is 39.8 Å². The molecule has 8 nitrogen and oxygen atoms in total. The van der Waals surface area contributed by atoms with E-state index in [9.17, 15) is 18.0 Å². The number of benzene rings is 1. The Bertz CT molecular complexity index is 857. The minimum Gasteiger partial charge on any atom is -0.496 e. The molecule has 2 aliphatic heterocycles. The average Bonchev–Trinajstić information content (AvgIpc) is 3.15. The fourth-order valence-corrected chi connectivity index (χ4v) is 5.50. The van der Waals surface area contributed by atoms with E-state index in [-0.39, 0.29) is 29.3 Å². The molecule has 2 amide bonds. The van der Waals surface area contributed by atoms with Crippen LogP contribution in [0.4, 0.5) is 0 Å². The Morgan fingerprint density at radius 2 is 1.63 bits per heavy atom. The summed E-state index contributed by atoms with van der Waals surface area (Å²) in [5, 5.41) is 2.72. The van der Waals surface area contributed by atoms with Gasteiger partial charge in [-0.15, -0.1) is 0 Å². The molecule has 9 heteroatoms. The van der Waals surface area contributed by atoms with Crippen LogP contribution in [0, 0.1) is 0 Å². The Labute approximate surface area is 178 Å². The fraction of sp³-hybridized carbons (Fsp3) is 0.619. The number of methoxy groups -OCH3 is 1. The van der Waals surface area contributed by atoms with Gasteiger partial charge in [0, 0.05) is 39.1 Å². The van der Waals surface area contributed by atoms with Crippen LogP contribution < -0.4 is 10.1 Å². The van der Waals surface area contributed by atoms with Gasteiger partial charge in [0.05, 0.1) is 17.6 Å². The third-order valence-electron chi connectivity index (χ3n) is 5.70. The van der Waals surface area contributed by atoms with Crippen molar-refractivity contribution in [3.8, 4) is 5.75 Å². The van der Waals surface area contributed by atoms with E-state index in [1.54, 1.807) is 4.90 Å². The molecule has 0 aliphatic carbocycles. The third-order valence-corrected chi connectivity index (χ3v) is 7.60. The fourth-order valence-electron chi connectivity index (χ4n) is 3.96. The van der Waals surface area contributed by atoms with E-state index >= 15 is 0 Å². The Balaban J connectivity index is 1.70. The lowest BCUT2D eigenvalue weighted by Crippen LogP contribution is -2.33. The summed E-state index contributed by atoms with van der Waals surface area (Å²) in [6.45, 7) is 2.73. The molecule has 30 heavy (non-hydrogen) atoms. The minimum atomic E-state index is -3.67. The van der Waals surface area contributed by atoms with E-state index in [2.05, 4.69) is 5.32 Å². The summed E-state index contributed by atoms with van der Waals surface area (Å²) in [6, 6.07) is 4.36. The van der Waals surface area contributed by atoms with Crippen LogP contribution in [0.1, 0.15) is 55.3 Å². The molecule has 2 saturated heterocycles. The van der Waals surface area contributed by atoms with E-state index in [1.807, 2.05) is 0 Å². The zero-order valence-electron chi connectivity index (χ0n) is 17.6. The van der Waals surface area contributed by atoms with E-state index < -0.39 is 15.9 Å². The first kappa shape index (κ1) is 22.6. The van der Waals surface area contributed by atoms with Crippen LogP contribution in [0.25, 0.3) is 0 Å². The van der Waals surface area contributed by atoms with Crippen molar-refractivity contribution >= 4 is 21.8 Å². The van der Waals surface area contributed by atoms with Crippen LogP contribution in [0.5, 0.6) is 5.75 Å². The number of hydrogen-bond donors (Lipinski definition) is 1. The van der Waals surface area contributed by atoms with E-state index in [0.717, 1.165) is 51.6 Å². The monoisotopic (exact) mass is 437 g/mol. The van der Waals surface area contributed by atoms with Crippen LogP contribution in [0.2, 0.25) is 0 Å². The molecular formula is C21H31N3O5S. The Morgan fingerprint density at radius 1 is 1.00 bits per heavy atom. The van der Waals surface area contributed by atoms with Gasteiger partial charge in [-0.05, 0) is 43.9 Å². The number of rotatable bonds is 7. The molecule has 3 rings (SSSR count). The van der Waals surface area contributed by atoms with Gasteiger partial charge in [-0.2, -0.15) is 4.31 Å². The molecule has 0 unspecified atom stereocenters. The number of carbonyl (C=O) groups excluding carboxylic acids is 2. The molecule has 0 spiro atoms. The highest BCUT2D eigenvalue weighted by Crippen LogP contribution is 2.26. The molecule has 166 valence electrons. The maximum atomic E-state index is 13.1. The van der Waals surface area contributed by atoms with Crippen molar-refractivity contribution in [3.63, 3.8) is 0 Å². The number of ether oxygens (including phenoxy) is 1. The molecule has 2 heterocycles. The van der Waals surface area contributed by atoms with Gasteiger partial charge in [0.1, 0.15) is 5.75 Å². The largest absolute Gasteiger partial charge is 0.496 e. The second-order valence-electron chi connectivity index (χ2n) is 7.77. The number of carbonyl (C=O) groups is 2. The van der Waals surface area contributed by atoms with Crippen molar-refractivity contribution in [2.24, 2.45) is 0 Å².